The van der Waals surface area contributed by atoms with Crippen molar-refractivity contribution in [3.63, 3.8) is 0 Å². The van der Waals surface area contributed by atoms with Gasteiger partial charge in [0.2, 0.25) is 5.91 Å². The van der Waals surface area contributed by atoms with E-state index in [1.165, 1.54) is 11.8 Å². The van der Waals surface area contributed by atoms with Crippen LogP contribution >= 0.6 is 11.8 Å². The Morgan fingerprint density at radius 2 is 2.26 bits per heavy atom. The Labute approximate surface area is 138 Å². The highest BCUT2D eigenvalue weighted by Gasteiger charge is 2.22. The van der Waals surface area contributed by atoms with Crippen LogP contribution in [-0.2, 0) is 4.79 Å². The zero-order valence-corrected chi connectivity index (χ0v) is 13.6. The number of rotatable bonds is 4. The minimum atomic E-state index is -0.0552. The zero-order chi connectivity index (χ0) is 16.2. The molecule has 1 atom stereocenters. The van der Waals surface area contributed by atoms with E-state index in [1.54, 1.807) is 6.07 Å². The van der Waals surface area contributed by atoms with Crippen LogP contribution < -0.4 is 15.8 Å². The molecule has 120 valence electrons. The molecule has 0 saturated carbocycles. The number of aryl methyl sites for hydroxylation is 1. The first kappa shape index (κ1) is 15.6. The minimum Gasteiger partial charge on any atom is -0.493 e. The summed E-state index contributed by atoms with van der Waals surface area (Å²) in [5.41, 5.74) is 7.50. The molecule has 6 nitrogen and oxygen atoms in total. The number of fused-ring (bicyclic) bond motifs is 1. The molecule has 0 bridgehead atoms. The van der Waals surface area contributed by atoms with Gasteiger partial charge in [-0.15, -0.1) is 0 Å². The van der Waals surface area contributed by atoms with Crippen LogP contribution in [0.15, 0.2) is 35.5 Å². The van der Waals surface area contributed by atoms with Crippen LogP contribution in [0.1, 0.15) is 23.7 Å². The molecular formula is C16H18N4O2S. The predicted octanol–water partition coefficient (Wildman–Crippen LogP) is 2.10. The standard InChI is InChI=1S/C16H18N4O2S/c1-10-8-14(17)20-16(18-10)23-9-15(21)19-12-6-7-22-13-5-3-2-4-11(12)13/h2-5,8,12H,6-7,9H2,1H3,(H,19,21)(H2,17,18,20)/t12-/m1/s1. The van der Waals surface area contributed by atoms with E-state index >= 15 is 0 Å². The average Bonchev–Trinajstić information content (AvgIpc) is 2.52. The van der Waals surface area contributed by atoms with Crippen molar-refractivity contribution in [1.29, 1.82) is 0 Å². The van der Waals surface area contributed by atoms with Gasteiger partial charge in [0, 0.05) is 23.7 Å². The summed E-state index contributed by atoms with van der Waals surface area (Å²) in [5, 5.41) is 3.57. The Kier molecular flexibility index (Phi) is 4.66. The molecule has 0 unspecified atom stereocenters. The molecule has 0 saturated heterocycles. The van der Waals surface area contributed by atoms with Gasteiger partial charge in [-0.1, -0.05) is 30.0 Å². The minimum absolute atomic E-state index is 0.0171. The number of amides is 1. The third-order valence-corrected chi connectivity index (χ3v) is 4.33. The molecule has 0 radical (unpaired) electrons. The van der Waals surface area contributed by atoms with Crippen molar-refractivity contribution >= 4 is 23.5 Å². The highest BCUT2D eigenvalue weighted by molar-refractivity contribution is 7.99. The highest BCUT2D eigenvalue weighted by atomic mass is 32.2. The molecular weight excluding hydrogens is 312 g/mol. The van der Waals surface area contributed by atoms with Crippen molar-refractivity contribution in [3.8, 4) is 5.75 Å². The van der Waals surface area contributed by atoms with E-state index in [0.29, 0.717) is 17.6 Å². The largest absolute Gasteiger partial charge is 0.493 e. The summed E-state index contributed by atoms with van der Waals surface area (Å²) in [6, 6.07) is 9.46. The van der Waals surface area contributed by atoms with E-state index in [9.17, 15) is 4.79 Å². The van der Waals surface area contributed by atoms with Crippen molar-refractivity contribution in [2.24, 2.45) is 0 Å². The summed E-state index contributed by atoms with van der Waals surface area (Å²) in [6.07, 6.45) is 0.765. The van der Waals surface area contributed by atoms with Crippen LogP contribution in [-0.4, -0.2) is 28.2 Å². The van der Waals surface area contributed by atoms with E-state index in [-0.39, 0.29) is 17.7 Å². The quantitative estimate of drug-likeness (QED) is 0.659. The number of carbonyl (C=O) groups is 1. The molecule has 1 aliphatic rings. The number of nitrogens with zero attached hydrogens (tertiary/aromatic N) is 2. The molecule has 0 spiro atoms. The van der Waals surface area contributed by atoms with Gasteiger partial charge >= 0.3 is 0 Å². The molecule has 3 N–H and O–H groups in total. The van der Waals surface area contributed by atoms with E-state index in [4.69, 9.17) is 10.5 Å². The number of thioether (sulfide) groups is 1. The number of hydrogen-bond acceptors (Lipinski definition) is 6. The number of benzene rings is 1. The number of nitrogen functional groups attached to an aromatic ring is 1. The second kappa shape index (κ2) is 6.87. The molecule has 23 heavy (non-hydrogen) atoms. The van der Waals surface area contributed by atoms with Crippen LogP contribution in [0.2, 0.25) is 0 Å². The number of nitrogens with two attached hydrogens (primary N) is 1. The number of anilines is 1. The average molecular weight is 330 g/mol. The third kappa shape index (κ3) is 3.92. The summed E-state index contributed by atoms with van der Waals surface area (Å²) in [6.45, 7) is 2.45. The van der Waals surface area contributed by atoms with Gasteiger partial charge in [0.1, 0.15) is 11.6 Å². The first-order valence-corrected chi connectivity index (χ1v) is 8.35. The monoisotopic (exact) mass is 330 g/mol. The molecule has 1 aliphatic heterocycles. The normalized spacial score (nSPS) is 16.3. The Balaban J connectivity index is 1.60. The van der Waals surface area contributed by atoms with Crippen molar-refractivity contribution in [3.05, 3.63) is 41.6 Å². The summed E-state index contributed by atoms with van der Waals surface area (Å²) in [7, 11) is 0. The Hall–Kier alpha value is -2.28. The molecule has 1 aromatic heterocycles. The molecule has 2 aromatic rings. The number of nitrogens with one attached hydrogen (secondary N) is 1. The Morgan fingerprint density at radius 1 is 1.43 bits per heavy atom. The van der Waals surface area contributed by atoms with Crippen LogP contribution in [0.25, 0.3) is 0 Å². The van der Waals surface area contributed by atoms with Crippen molar-refractivity contribution in [2.45, 2.75) is 24.5 Å². The number of aromatic nitrogens is 2. The lowest BCUT2D eigenvalue weighted by Gasteiger charge is -2.26. The SMILES string of the molecule is Cc1cc(N)nc(SCC(=O)N[C@@H]2CCOc3ccccc32)n1. The number of ether oxygens (including phenoxy) is 1. The van der Waals surface area contributed by atoms with Gasteiger partial charge in [-0.25, -0.2) is 9.97 Å². The van der Waals surface area contributed by atoms with E-state index in [0.717, 1.165) is 23.4 Å². The fourth-order valence-electron chi connectivity index (χ4n) is 2.49. The maximum atomic E-state index is 12.2. The van der Waals surface area contributed by atoms with E-state index in [1.807, 2.05) is 31.2 Å². The van der Waals surface area contributed by atoms with Gasteiger partial charge in [0.25, 0.3) is 0 Å². The Bertz CT molecular complexity index is 703. The summed E-state index contributed by atoms with van der Waals surface area (Å²) >= 11 is 1.28. The van der Waals surface area contributed by atoms with Crippen LogP contribution in [0, 0.1) is 6.92 Å². The summed E-state index contributed by atoms with van der Waals surface area (Å²) in [4.78, 5) is 20.6. The molecule has 2 heterocycles. The smallest absolute Gasteiger partial charge is 0.230 e. The van der Waals surface area contributed by atoms with Gasteiger partial charge in [-0.3, -0.25) is 4.79 Å². The van der Waals surface area contributed by atoms with Gasteiger partial charge in [0.15, 0.2) is 5.16 Å². The fourth-order valence-corrected chi connectivity index (χ4v) is 3.21. The molecule has 3 rings (SSSR count). The topological polar surface area (TPSA) is 90.1 Å². The molecule has 0 fully saturated rings. The van der Waals surface area contributed by atoms with Crippen molar-refractivity contribution in [2.75, 3.05) is 18.1 Å². The van der Waals surface area contributed by atoms with Gasteiger partial charge in [-0.05, 0) is 13.0 Å². The first-order chi connectivity index (χ1) is 11.1. The van der Waals surface area contributed by atoms with E-state index in [2.05, 4.69) is 15.3 Å². The maximum absolute atomic E-state index is 12.2. The molecule has 1 amide bonds. The lowest BCUT2D eigenvalue weighted by Crippen LogP contribution is -2.33. The van der Waals surface area contributed by atoms with Gasteiger partial charge in [0.05, 0.1) is 18.4 Å². The second-order valence-corrected chi connectivity index (χ2v) is 6.24. The maximum Gasteiger partial charge on any atom is 0.230 e. The Morgan fingerprint density at radius 3 is 3.09 bits per heavy atom. The van der Waals surface area contributed by atoms with Gasteiger partial charge in [-0.2, -0.15) is 0 Å². The van der Waals surface area contributed by atoms with Gasteiger partial charge < -0.3 is 15.8 Å². The number of hydrogen-bond donors (Lipinski definition) is 2. The second-order valence-electron chi connectivity index (χ2n) is 5.30. The number of para-hydroxylation sites is 1. The highest BCUT2D eigenvalue weighted by Crippen LogP contribution is 2.31. The van der Waals surface area contributed by atoms with Crippen LogP contribution in [0.3, 0.4) is 0 Å². The third-order valence-electron chi connectivity index (χ3n) is 3.48. The fraction of sp³-hybridized carbons (Fsp3) is 0.312. The van der Waals surface area contributed by atoms with E-state index < -0.39 is 0 Å². The van der Waals surface area contributed by atoms with Crippen LogP contribution in [0.4, 0.5) is 5.82 Å². The van der Waals surface area contributed by atoms with Crippen molar-refractivity contribution < 1.29 is 9.53 Å². The van der Waals surface area contributed by atoms with Crippen LogP contribution in [0.5, 0.6) is 5.75 Å². The molecule has 7 heteroatoms. The lowest BCUT2D eigenvalue weighted by atomic mass is 10.0. The number of carbonyl (C=O) groups excluding carboxylic acids is 1. The predicted molar refractivity (Wildman–Crippen MR) is 89.3 cm³/mol. The van der Waals surface area contributed by atoms with Crippen molar-refractivity contribution in [1.82, 2.24) is 15.3 Å². The first-order valence-electron chi connectivity index (χ1n) is 7.37. The zero-order valence-electron chi connectivity index (χ0n) is 12.8. The lowest BCUT2D eigenvalue weighted by molar-refractivity contribution is -0.119. The molecule has 1 aromatic carbocycles. The molecule has 0 aliphatic carbocycles. The summed E-state index contributed by atoms with van der Waals surface area (Å²) < 4.78 is 5.60. The summed E-state index contributed by atoms with van der Waals surface area (Å²) in [5.74, 6) is 1.45.